The zero-order valence-corrected chi connectivity index (χ0v) is 7.10. The first-order valence-electron chi connectivity index (χ1n) is 3.87. The van der Waals surface area contributed by atoms with Crippen LogP contribution in [0.3, 0.4) is 0 Å². The molecule has 0 spiro atoms. The Balaban J connectivity index is 2.46. The van der Waals surface area contributed by atoms with E-state index in [1.54, 1.807) is 6.07 Å². The van der Waals surface area contributed by atoms with Crippen LogP contribution in [0, 0.1) is 0 Å². The highest BCUT2D eigenvalue weighted by molar-refractivity contribution is 6.07. The van der Waals surface area contributed by atoms with E-state index in [9.17, 15) is 0 Å². The number of methoxy groups -OCH3 is 1. The van der Waals surface area contributed by atoms with Crippen LogP contribution < -0.4 is 4.74 Å². The summed E-state index contributed by atoms with van der Waals surface area (Å²) in [5, 5.41) is 11.9. The molecule has 4 nitrogen and oxygen atoms in total. The highest BCUT2D eigenvalue weighted by atomic mass is 16.7. The Morgan fingerprint density at radius 1 is 1.46 bits per heavy atom. The summed E-state index contributed by atoms with van der Waals surface area (Å²) in [4.78, 5) is 0. The minimum atomic E-state index is -0.595. The molecule has 1 aromatic rings. The number of ether oxygens (including phenoxy) is 2. The van der Waals surface area contributed by atoms with Gasteiger partial charge in [-0.1, -0.05) is 17.3 Å². The Bertz CT molecular complexity index is 348. The minimum absolute atomic E-state index is 0.415. The number of para-hydroxylation sites is 1. The van der Waals surface area contributed by atoms with Gasteiger partial charge in [-0.2, -0.15) is 0 Å². The maximum Gasteiger partial charge on any atom is 0.247 e. The van der Waals surface area contributed by atoms with Crippen LogP contribution in [0.25, 0.3) is 0 Å². The molecule has 0 radical (unpaired) electrons. The Morgan fingerprint density at radius 2 is 2.23 bits per heavy atom. The second kappa shape index (κ2) is 3.06. The molecular formula is C9H9NO3. The Kier molecular flexibility index (Phi) is 1.90. The maximum absolute atomic E-state index is 8.74. The average molecular weight is 179 g/mol. The Morgan fingerprint density at radius 3 is 2.92 bits per heavy atom. The Hall–Kier alpha value is -1.55. The van der Waals surface area contributed by atoms with Crippen molar-refractivity contribution in [3.05, 3.63) is 29.8 Å². The first-order valence-corrected chi connectivity index (χ1v) is 3.87. The second-order valence-electron chi connectivity index (χ2n) is 2.67. The third kappa shape index (κ3) is 1.15. The lowest BCUT2D eigenvalue weighted by Crippen LogP contribution is -2.23. The van der Waals surface area contributed by atoms with E-state index in [1.807, 2.05) is 18.2 Å². The smallest absolute Gasteiger partial charge is 0.247 e. The van der Waals surface area contributed by atoms with Gasteiger partial charge < -0.3 is 14.7 Å². The van der Waals surface area contributed by atoms with Crippen molar-refractivity contribution in [3.8, 4) is 5.75 Å². The molecule has 0 fully saturated rings. The Labute approximate surface area is 75.4 Å². The zero-order valence-electron chi connectivity index (χ0n) is 7.10. The van der Waals surface area contributed by atoms with Crippen LogP contribution in [0.2, 0.25) is 0 Å². The summed E-state index contributed by atoms with van der Waals surface area (Å²) in [6, 6.07) is 7.33. The van der Waals surface area contributed by atoms with Crippen molar-refractivity contribution in [1.29, 1.82) is 0 Å². The number of benzene rings is 1. The molecule has 0 amide bonds. The van der Waals surface area contributed by atoms with E-state index in [2.05, 4.69) is 5.16 Å². The van der Waals surface area contributed by atoms with Crippen LogP contribution in [0.5, 0.6) is 5.75 Å². The number of hydrogen-bond donors (Lipinski definition) is 1. The van der Waals surface area contributed by atoms with Crippen LogP contribution in [0.4, 0.5) is 0 Å². The first-order chi connectivity index (χ1) is 6.36. The number of fused-ring (bicyclic) bond motifs is 1. The zero-order chi connectivity index (χ0) is 9.26. The van der Waals surface area contributed by atoms with Crippen molar-refractivity contribution in [2.75, 3.05) is 7.11 Å². The molecule has 1 unspecified atom stereocenters. The molecule has 4 heteroatoms. The normalized spacial score (nSPS) is 22.8. The third-order valence-corrected chi connectivity index (χ3v) is 1.94. The molecule has 1 aromatic carbocycles. The summed E-state index contributed by atoms with van der Waals surface area (Å²) < 4.78 is 10.3. The fourth-order valence-electron chi connectivity index (χ4n) is 1.34. The van der Waals surface area contributed by atoms with E-state index in [0.717, 1.165) is 5.56 Å². The second-order valence-corrected chi connectivity index (χ2v) is 2.67. The van der Waals surface area contributed by atoms with E-state index >= 15 is 0 Å². The van der Waals surface area contributed by atoms with E-state index < -0.39 is 6.29 Å². The largest absolute Gasteiger partial charge is 0.458 e. The van der Waals surface area contributed by atoms with Crippen molar-refractivity contribution >= 4 is 5.71 Å². The summed E-state index contributed by atoms with van der Waals surface area (Å²) in [5.41, 5.74) is 1.19. The average Bonchev–Trinajstić information content (AvgIpc) is 2.55. The van der Waals surface area contributed by atoms with E-state index in [-0.39, 0.29) is 0 Å². The number of rotatable bonds is 1. The van der Waals surface area contributed by atoms with Crippen LogP contribution >= 0.6 is 0 Å². The quantitative estimate of drug-likeness (QED) is 0.521. The summed E-state index contributed by atoms with van der Waals surface area (Å²) >= 11 is 0. The van der Waals surface area contributed by atoms with Gasteiger partial charge in [0.15, 0.2) is 5.71 Å². The minimum Gasteiger partial charge on any atom is -0.458 e. The summed E-state index contributed by atoms with van der Waals surface area (Å²) in [6.07, 6.45) is -0.595. The molecule has 0 bridgehead atoms. The standard InChI is InChI=1S/C9H9NO3/c1-12-9-8(10-11)6-4-2-3-5-7(6)13-9/h2-5,9,11H,1H3/b10-8+. The van der Waals surface area contributed by atoms with Gasteiger partial charge in [-0.25, -0.2) is 0 Å². The molecule has 0 saturated carbocycles. The molecule has 1 N–H and O–H groups in total. The first kappa shape index (κ1) is 8.07. The molecule has 0 saturated heterocycles. The van der Waals surface area contributed by atoms with Gasteiger partial charge in [0.25, 0.3) is 0 Å². The summed E-state index contributed by atoms with van der Waals surface area (Å²) in [6.45, 7) is 0. The SMILES string of the molecule is COC1Oc2ccccc2/C1=N\O. The fraction of sp³-hybridized carbons (Fsp3) is 0.222. The predicted octanol–water partition coefficient (Wildman–Crippen LogP) is 1.23. The van der Waals surface area contributed by atoms with E-state index in [0.29, 0.717) is 11.5 Å². The van der Waals surface area contributed by atoms with Gasteiger partial charge in [0.1, 0.15) is 5.75 Å². The lowest BCUT2D eigenvalue weighted by atomic mass is 10.1. The van der Waals surface area contributed by atoms with Crippen molar-refractivity contribution in [2.45, 2.75) is 6.29 Å². The van der Waals surface area contributed by atoms with Crippen LogP contribution in [-0.4, -0.2) is 24.3 Å². The van der Waals surface area contributed by atoms with Crippen molar-refractivity contribution in [3.63, 3.8) is 0 Å². The van der Waals surface area contributed by atoms with E-state index in [4.69, 9.17) is 14.7 Å². The molecule has 1 atom stereocenters. The van der Waals surface area contributed by atoms with Crippen LogP contribution in [-0.2, 0) is 4.74 Å². The topological polar surface area (TPSA) is 51.0 Å². The van der Waals surface area contributed by atoms with Gasteiger partial charge in [0, 0.05) is 12.7 Å². The monoisotopic (exact) mass is 179 g/mol. The third-order valence-electron chi connectivity index (χ3n) is 1.94. The van der Waals surface area contributed by atoms with E-state index in [1.165, 1.54) is 7.11 Å². The molecule has 2 rings (SSSR count). The van der Waals surface area contributed by atoms with Gasteiger partial charge >= 0.3 is 0 Å². The number of hydrogen-bond acceptors (Lipinski definition) is 4. The molecule has 0 aliphatic carbocycles. The van der Waals surface area contributed by atoms with Crippen molar-refractivity contribution < 1.29 is 14.7 Å². The van der Waals surface area contributed by atoms with Gasteiger partial charge in [-0.3, -0.25) is 0 Å². The summed E-state index contributed by atoms with van der Waals surface area (Å²) in [5.74, 6) is 0.683. The van der Waals surface area contributed by atoms with Gasteiger partial charge in [-0.15, -0.1) is 0 Å². The predicted molar refractivity (Wildman–Crippen MR) is 46.2 cm³/mol. The van der Waals surface area contributed by atoms with Crippen molar-refractivity contribution in [2.24, 2.45) is 5.16 Å². The van der Waals surface area contributed by atoms with Gasteiger partial charge in [-0.05, 0) is 12.1 Å². The lowest BCUT2D eigenvalue weighted by molar-refractivity contribution is 0.00639. The highest BCUT2D eigenvalue weighted by Gasteiger charge is 2.30. The van der Waals surface area contributed by atoms with Crippen LogP contribution in [0.15, 0.2) is 29.4 Å². The highest BCUT2D eigenvalue weighted by Crippen LogP contribution is 2.28. The molecule has 0 aromatic heterocycles. The molecular weight excluding hydrogens is 170 g/mol. The molecule has 68 valence electrons. The number of nitrogens with zero attached hydrogens (tertiary/aromatic N) is 1. The maximum atomic E-state index is 8.74. The molecule has 13 heavy (non-hydrogen) atoms. The van der Waals surface area contributed by atoms with Crippen molar-refractivity contribution in [1.82, 2.24) is 0 Å². The summed E-state index contributed by atoms with van der Waals surface area (Å²) in [7, 11) is 1.50. The number of oxime groups is 1. The van der Waals surface area contributed by atoms with Crippen LogP contribution in [0.1, 0.15) is 5.56 Å². The molecule has 1 aliphatic rings. The molecule has 1 heterocycles. The molecule has 1 aliphatic heterocycles. The fourth-order valence-corrected chi connectivity index (χ4v) is 1.34. The van der Waals surface area contributed by atoms with Gasteiger partial charge in [0.05, 0.1) is 0 Å². The lowest BCUT2D eigenvalue weighted by Gasteiger charge is -2.06. The van der Waals surface area contributed by atoms with Gasteiger partial charge in [0.2, 0.25) is 6.29 Å².